The van der Waals surface area contributed by atoms with Crippen molar-refractivity contribution in [3.63, 3.8) is 0 Å². The molecule has 0 aromatic carbocycles. The average Bonchev–Trinajstić information content (AvgIpc) is 2.95. The minimum absolute atomic E-state index is 0.0816. The van der Waals surface area contributed by atoms with Gasteiger partial charge in [0.2, 0.25) is 0 Å². The van der Waals surface area contributed by atoms with Gasteiger partial charge in [-0.15, -0.1) is 11.3 Å². The van der Waals surface area contributed by atoms with Crippen molar-refractivity contribution in [3.8, 4) is 0 Å². The van der Waals surface area contributed by atoms with E-state index in [0.717, 1.165) is 17.1 Å². The average molecular weight is 308 g/mol. The second-order valence-corrected chi connectivity index (χ2v) is 5.57. The smallest absolute Gasteiger partial charge is 0.338 e. The summed E-state index contributed by atoms with van der Waals surface area (Å²) < 4.78 is 5.43. The summed E-state index contributed by atoms with van der Waals surface area (Å²) in [4.78, 5) is 22.9. The number of furan rings is 1. The Labute approximate surface area is 125 Å². The summed E-state index contributed by atoms with van der Waals surface area (Å²) in [5.41, 5.74) is 0.977. The zero-order valence-corrected chi connectivity index (χ0v) is 12.7. The lowest BCUT2D eigenvalue weighted by Crippen LogP contribution is -2.31. The van der Waals surface area contributed by atoms with Crippen LogP contribution in [0.5, 0.6) is 0 Å². The van der Waals surface area contributed by atoms with Crippen molar-refractivity contribution in [2.75, 3.05) is 5.32 Å². The fourth-order valence-corrected chi connectivity index (χ4v) is 2.84. The molecule has 0 aliphatic rings. The van der Waals surface area contributed by atoms with Gasteiger partial charge < -0.3 is 14.8 Å². The molecule has 0 saturated carbocycles. The standard InChI is InChI=1S/C14H16N2O4S/c1-7-6-11(9(3)20-7)8(2)15-14(19)16-12-10(13(17)18)4-5-21-12/h4-6,8H,1-3H3,(H,17,18)(H2,15,16,19). The van der Waals surface area contributed by atoms with E-state index in [0.29, 0.717) is 5.00 Å². The number of carboxylic acid groups (broad SMARTS) is 1. The first-order chi connectivity index (χ1) is 9.88. The van der Waals surface area contributed by atoms with E-state index in [-0.39, 0.29) is 11.6 Å². The van der Waals surface area contributed by atoms with Crippen molar-refractivity contribution in [1.29, 1.82) is 0 Å². The summed E-state index contributed by atoms with van der Waals surface area (Å²) in [6.07, 6.45) is 0. The molecule has 0 saturated heterocycles. The van der Waals surface area contributed by atoms with Gasteiger partial charge in [0.25, 0.3) is 0 Å². The first-order valence-electron chi connectivity index (χ1n) is 6.33. The fourth-order valence-electron chi connectivity index (χ4n) is 2.07. The van der Waals surface area contributed by atoms with Crippen molar-refractivity contribution < 1.29 is 19.1 Å². The van der Waals surface area contributed by atoms with Crippen LogP contribution in [0.1, 0.15) is 40.4 Å². The van der Waals surface area contributed by atoms with Gasteiger partial charge in [-0.2, -0.15) is 0 Å². The SMILES string of the molecule is Cc1cc(C(C)NC(=O)Nc2sccc2C(=O)O)c(C)o1. The normalized spacial score (nSPS) is 12.0. The third-order valence-corrected chi connectivity index (χ3v) is 3.85. The lowest BCUT2D eigenvalue weighted by molar-refractivity contribution is 0.0698. The van der Waals surface area contributed by atoms with E-state index < -0.39 is 12.0 Å². The van der Waals surface area contributed by atoms with Gasteiger partial charge in [-0.25, -0.2) is 9.59 Å². The van der Waals surface area contributed by atoms with Gasteiger partial charge in [0.1, 0.15) is 16.5 Å². The van der Waals surface area contributed by atoms with Crippen molar-refractivity contribution in [2.45, 2.75) is 26.8 Å². The molecule has 0 spiro atoms. The molecule has 6 nitrogen and oxygen atoms in total. The quantitative estimate of drug-likeness (QED) is 0.805. The Balaban J connectivity index is 2.03. The van der Waals surface area contributed by atoms with E-state index in [2.05, 4.69) is 10.6 Å². The van der Waals surface area contributed by atoms with Crippen molar-refractivity contribution in [2.24, 2.45) is 0 Å². The highest BCUT2D eigenvalue weighted by atomic mass is 32.1. The van der Waals surface area contributed by atoms with Crippen LogP contribution in [0.15, 0.2) is 21.9 Å². The molecule has 1 atom stereocenters. The molecule has 112 valence electrons. The maximum Gasteiger partial charge on any atom is 0.338 e. The predicted molar refractivity (Wildman–Crippen MR) is 80.0 cm³/mol. The topological polar surface area (TPSA) is 91.6 Å². The number of amides is 2. The summed E-state index contributed by atoms with van der Waals surface area (Å²) >= 11 is 1.17. The molecule has 1 unspecified atom stereocenters. The number of urea groups is 1. The van der Waals surface area contributed by atoms with Gasteiger partial charge in [0, 0.05) is 5.56 Å². The maximum atomic E-state index is 11.9. The Hall–Kier alpha value is -2.28. The van der Waals surface area contributed by atoms with Crippen LogP contribution >= 0.6 is 11.3 Å². The van der Waals surface area contributed by atoms with Crippen LogP contribution in [0.25, 0.3) is 0 Å². The third-order valence-electron chi connectivity index (χ3n) is 3.02. The number of aryl methyl sites for hydroxylation is 2. The van der Waals surface area contributed by atoms with Gasteiger partial charge in [-0.05, 0) is 38.3 Å². The summed E-state index contributed by atoms with van der Waals surface area (Å²) in [7, 11) is 0. The summed E-state index contributed by atoms with van der Waals surface area (Å²) in [5, 5.41) is 16.2. The minimum atomic E-state index is -1.07. The van der Waals surface area contributed by atoms with Crippen LogP contribution in [0.3, 0.4) is 0 Å². The second-order valence-electron chi connectivity index (χ2n) is 4.66. The second kappa shape index (κ2) is 6.01. The number of carbonyl (C=O) groups excluding carboxylic acids is 1. The first-order valence-corrected chi connectivity index (χ1v) is 7.21. The molecule has 2 rings (SSSR count). The number of hydrogen-bond acceptors (Lipinski definition) is 4. The number of thiophene rings is 1. The lowest BCUT2D eigenvalue weighted by atomic mass is 10.1. The molecule has 7 heteroatoms. The van der Waals surface area contributed by atoms with E-state index in [1.165, 1.54) is 17.4 Å². The molecule has 2 aromatic heterocycles. The van der Waals surface area contributed by atoms with E-state index in [1.54, 1.807) is 5.38 Å². The van der Waals surface area contributed by atoms with Crippen LogP contribution in [0.2, 0.25) is 0 Å². The predicted octanol–water partition coefficient (Wildman–Crippen LogP) is 3.54. The Kier molecular flexibility index (Phi) is 4.32. The number of anilines is 1. The Morgan fingerprint density at radius 3 is 2.67 bits per heavy atom. The van der Waals surface area contributed by atoms with Gasteiger partial charge in [-0.1, -0.05) is 0 Å². The largest absolute Gasteiger partial charge is 0.478 e. The lowest BCUT2D eigenvalue weighted by Gasteiger charge is -2.13. The molecule has 2 amide bonds. The highest BCUT2D eigenvalue weighted by molar-refractivity contribution is 7.14. The van der Waals surface area contributed by atoms with Gasteiger partial charge in [-0.3, -0.25) is 5.32 Å². The molecule has 0 fully saturated rings. The van der Waals surface area contributed by atoms with E-state index in [9.17, 15) is 9.59 Å². The van der Waals surface area contributed by atoms with E-state index >= 15 is 0 Å². The van der Waals surface area contributed by atoms with Crippen LogP contribution in [-0.4, -0.2) is 17.1 Å². The highest BCUT2D eigenvalue weighted by Gasteiger charge is 2.17. The van der Waals surface area contributed by atoms with Crippen LogP contribution in [0, 0.1) is 13.8 Å². The summed E-state index contributed by atoms with van der Waals surface area (Å²) in [6, 6.07) is 2.63. The van der Waals surface area contributed by atoms with Crippen molar-refractivity contribution >= 4 is 28.3 Å². The number of hydrogen-bond donors (Lipinski definition) is 3. The Morgan fingerprint density at radius 1 is 1.38 bits per heavy atom. The highest BCUT2D eigenvalue weighted by Crippen LogP contribution is 2.24. The van der Waals surface area contributed by atoms with E-state index in [1.807, 2.05) is 26.8 Å². The number of nitrogens with one attached hydrogen (secondary N) is 2. The van der Waals surface area contributed by atoms with Gasteiger partial charge in [0.15, 0.2) is 0 Å². The molecular formula is C14H16N2O4S. The number of aromatic carboxylic acids is 1. The molecule has 0 radical (unpaired) electrons. The van der Waals surface area contributed by atoms with Crippen LogP contribution in [0.4, 0.5) is 9.80 Å². The molecule has 3 N–H and O–H groups in total. The number of carboxylic acids is 1. The van der Waals surface area contributed by atoms with Crippen molar-refractivity contribution in [1.82, 2.24) is 5.32 Å². The summed E-state index contributed by atoms with van der Waals surface area (Å²) in [6.45, 7) is 5.51. The third kappa shape index (κ3) is 3.43. The van der Waals surface area contributed by atoms with E-state index in [4.69, 9.17) is 9.52 Å². The molecule has 2 heterocycles. The van der Waals surface area contributed by atoms with Crippen LogP contribution < -0.4 is 10.6 Å². The Bertz CT molecular complexity index is 674. The van der Waals surface area contributed by atoms with Gasteiger partial charge in [0.05, 0.1) is 11.6 Å². The molecule has 0 aliphatic carbocycles. The Morgan fingerprint density at radius 2 is 2.10 bits per heavy atom. The van der Waals surface area contributed by atoms with Crippen molar-refractivity contribution in [3.05, 3.63) is 40.2 Å². The van der Waals surface area contributed by atoms with Gasteiger partial charge >= 0.3 is 12.0 Å². The fraction of sp³-hybridized carbons (Fsp3) is 0.286. The summed E-state index contributed by atoms with van der Waals surface area (Å²) in [5.74, 6) is 0.464. The zero-order chi connectivity index (χ0) is 15.6. The monoisotopic (exact) mass is 308 g/mol. The molecule has 2 aromatic rings. The molecule has 21 heavy (non-hydrogen) atoms. The molecular weight excluding hydrogens is 292 g/mol. The first kappa shape index (κ1) is 15.1. The molecule has 0 aliphatic heterocycles. The maximum absolute atomic E-state index is 11.9. The zero-order valence-electron chi connectivity index (χ0n) is 11.9. The van der Waals surface area contributed by atoms with Crippen LogP contribution in [-0.2, 0) is 0 Å². The minimum Gasteiger partial charge on any atom is -0.478 e. The molecule has 0 bridgehead atoms. The number of rotatable bonds is 4. The number of carbonyl (C=O) groups is 2.